The minimum absolute atomic E-state index is 0.0326. The van der Waals surface area contributed by atoms with Gasteiger partial charge >= 0.3 is 5.97 Å². The first-order valence-electron chi connectivity index (χ1n) is 14.0. The van der Waals surface area contributed by atoms with Gasteiger partial charge < -0.3 is 25.2 Å². The number of aliphatic hydroxyl groups is 1. The Morgan fingerprint density at radius 3 is 2.45 bits per heavy atom. The van der Waals surface area contributed by atoms with Gasteiger partial charge in [0.2, 0.25) is 11.8 Å². The van der Waals surface area contributed by atoms with Crippen LogP contribution >= 0.6 is 0 Å². The summed E-state index contributed by atoms with van der Waals surface area (Å²) in [6.45, 7) is 1.62. The fraction of sp³-hybridized carbons (Fsp3) is 0.469. The molecule has 5 unspecified atom stereocenters. The second kappa shape index (κ2) is 16.6. The van der Waals surface area contributed by atoms with Gasteiger partial charge in [0.25, 0.3) is 0 Å². The van der Waals surface area contributed by atoms with Crippen LogP contribution in [0, 0.1) is 11.8 Å². The highest BCUT2D eigenvalue weighted by atomic mass is 16.5. The second-order valence-electron chi connectivity index (χ2n) is 10.4. The van der Waals surface area contributed by atoms with Crippen LogP contribution in [-0.2, 0) is 30.3 Å². The van der Waals surface area contributed by atoms with Crippen molar-refractivity contribution in [3.05, 3.63) is 83.9 Å². The molecule has 0 saturated carbocycles. The number of methoxy groups -OCH3 is 1. The van der Waals surface area contributed by atoms with E-state index in [1.807, 2.05) is 72.8 Å². The van der Waals surface area contributed by atoms with Gasteiger partial charge in [-0.2, -0.15) is 0 Å². The molecule has 3 rings (SSSR count). The molecule has 0 fully saturated rings. The van der Waals surface area contributed by atoms with Crippen LogP contribution in [0.5, 0.6) is 0 Å². The van der Waals surface area contributed by atoms with Crippen LogP contribution in [0.15, 0.2) is 72.8 Å². The Labute approximate surface area is 237 Å². The van der Waals surface area contributed by atoms with Crippen molar-refractivity contribution < 1.29 is 29.0 Å². The number of allylic oxidation sites excluding steroid dienone is 2. The lowest BCUT2D eigenvalue weighted by Gasteiger charge is -2.31. The van der Waals surface area contributed by atoms with Crippen molar-refractivity contribution in [2.24, 2.45) is 11.8 Å². The van der Waals surface area contributed by atoms with Crippen LogP contribution in [0.1, 0.15) is 56.3 Å². The summed E-state index contributed by atoms with van der Waals surface area (Å²) in [4.78, 5) is 39.8. The quantitative estimate of drug-likeness (QED) is 0.322. The highest BCUT2D eigenvalue weighted by Gasteiger charge is 2.33. The van der Waals surface area contributed by atoms with Gasteiger partial charge in [-0.05, 0) is 50.2 Å². The van der Waals surface area contributed by atoms with E-state index < -0.39 is 24.1 Å². The molecule has 5 atom stereocenters. The number of rotatable bonds is 9. The zero-order valence-electron chi connectivity index (χ0n) is 23.5. The Morgan fingerprint density at radius 2 is 1.77 bits per heavy atom. The number of hydrogen-bond donors (Lipinski definition) is 3. The average molecular weight is 551 g/mol. The van der Waals surface area contributed by atoms with Crippen LogP contribution < -0.4 is 10.6 Å². The molecular weight excluding hydrogens is 508 g/mol. The number of carbonyl (C=O) groups is 3. The fourth-order valence-electron chi connectivity index (χ4n) is 4.88. The van der Waals surface area contributed by atoms with E-state index in [1.165, 1.54) is 7.11 Å². The zero-order valence-corrected chi connectivity index (χ0v) is 23.5. The maximum absolute atomic E-state index is 13.7. The first-order chi connectivity index (χ1) is 19.4. The van der Waals surface area contributed by atoms with Gasteiger partial charge in [0, 0.05) is 19.6 Å². The molecule has 0 aliphatic carbocycles. The molecule has 0 spiro atoms. The Hall–Kier alpha value is -3.49. The minimum atomic E-state index is -0.779. The van der Waals surface area contributed by atoms with Crippen LogP contribution in [0.3, 0.4) is 0 Å². The lowest BCUT2D eigenvalue weighted by Crippen LogP contribution is -2.47. The first kappa shape index (κ1) is 31.0. The third-order valence-corrected chi connectivity index (χ3v) is 7.06. The summed E-state index contributed by atoms with van der Waals surface area (Å²) in [6, 6.07) is 18.2. The molecular formula is C32H42N2O6. The normalized spacial score (nSPS) is 23.4. The molecule has 1 aliphatic heterocycles. The summed E-state index contributed by atoms with van der Waals surface area (Å²) in [5.74, 6) is -1.93. The summed E-state index contributed by atoms with van der Waals surface area (Å²) >= 11 is 0. The molecule has 0 bridgehead atoms. The Kier molecular flexibility index (Phi) is 12.9. The lowest BCUT2D eigenvalue weighted by atomic mass is 9.92. The van der Waals surface area contributed by atoms with E-state index in [0.717, 1.165) is 24.0 Å². The summed E-state index contributed by atoms with van der Waals surface area (Å²) in [6.07, 6.45) is 6.26. The smallest absolute Gasteiger partial charge is 0.309 e. The van der Waals surface area contributed by atoms with E-state index in [1.54, 1.807) is 6.92 Å². The number of cyclic esters (lactones) is 1. The number of nitrogens with one attached hydrogen (secondary N) is 2. The topological polar surface area (TPSA) is 114 Å². The molecule has 0 radical (unpaired) electrons. The molecule has 40 heavy (non-hydrogen) atoms. The number of esters is 1. The van der Waals surface area contributed by atoms with Gasteiger partial charge in [-0.3, -0.25) is 14.4 Å². The number of hydrogen-bond acceptors (Lipinski definition) is 6. The van der Waals surface area contributed by atoms with E-state index in [4.69, 9.17) is 9.47 Å². The highest BCUT2D eigenvalue weighted by Crippen LogP contribution is 2.27. The molecule has 0 aromatic heterocycles. The molecule has 2 aromatic rings. The predicted octanol–water partition coefficient (Wildman–Crippen LogP) is 3.89. The summed E-state index contributed by atoms with van der Waals surface area (Å²) in [7, 11) is 1.53. The van der Waals surface area contributed by atoms with Crippen LogP contribution in [0.25, 0.3) is 0 Å². The van der Waals surface area contributed by atoms with Crippen molar-refractivity contribution in [2.45, 2.75) is 63.6 Å². The maximum atomic E-state index is 13.7. The highest BCUT2D eigenvalue weighted by molar-refractivity contribution is 5.86. The van der Waals surface area contributed by atoms with Crippen molar-refractivity contribution >= 4 is 17.8 Å². The third-order valence-electron chi connectivity index (χ3n) is 7.06. The van der Waals surface area contributed by atoms with Gasteiger partial charge in [0.05, 0.1) is 31.1 Å². The number of ether oxygens (including phenoxy) is 2. The fourth-order valence-corrected chi connectivity index (χ4v) is 4.88. The lowest BCUT2D eigenvalue weighted by molar-refractivity contribution is -0.158. The van der Waals surface area contributed by atoms with Crippen molar-refractivity contribution in [3.8, 4) is 0 Å². The molecule has 8 nitrogen and oxygen atoms in total. The zero-order chi connectivity index (χ0) is 28.7. The molecule has 2 aromatic carbocycles. The first-order valence-corrected chi connectivity index (χ1v) is 14.0. The van der Waals surface area contributed by atoms with Crippen LogP contribution in [-0.4, -0.2) is 55.3 Å². The minimum Gasteiger partial charge on any atom is -0.455 e. The van der Waals surface area contributed by atoms with Crippen molar-refractivity contribution in [2.75, 3.05) is 20.3 Å². The number of carbonyl (C=O) groups excluding carboxylic acids is 3. The molecule has 216 valence electrons. The molecule has 8 heteroatoms. The van der Waals surface area contributed by atoms with Gasteiger partial charge in [-0.25, -0.2) is 0 Å². The predicted molar refractivity (Wildman–Crippen MR) is 153 cm³/mol. The molecule has 0 saturated heterocycles. The Balaban J connectivity index is 1.91. The van der Waals surface area contributed by atoms with Crippen LogP contribution in [0.4, 0.5) is 0 Å². The van der Waals surface area contributed by atoms with E-state index in [-0.39, 0.29) is 43.3 Å². The second-order valence-corrected chi connectivity index (χ2v) is 10.4. The van der Waals surface area contributed by atoms with Gasteiger partial charge in [0.15, 0.2) is 0 Å². The van der Waals surface area contributed by atoms with E-state index >= 15 is 0 Å². The maximum Gasteiger partial charge on any atom is 0.309 e. The average Bonchev–Trinajstić information content (AvgIpc) is 2.96. The SMILES string of the molecule is COCC1NC(=O)C(CC(=O)NC(C)CO)CC=CCCCC(Cc2ccccc2)C(=O)OC1c1ccccc1. The standard InChI is InChI=1S/C32H42N2O6/c1-23(21-35)33-29(36)20-26-17-9-3-4-10-18-27(19-24-13-7-5-8-14-24)32(38)40-30(25-15-11-6-12-16-25)28(22-39-2)34-31(26)37/h3,5-9,11-16,23,26-28,30,35H,4,10,17-22H2,1-2H3,(H,33,36)(H,34,37). The summed E-state index contributed by atoms with van der Waals surface area (Å²) in [5.41, 5.74) is 1.81. The van der Waals surface area contributed by atoms with E-state index in [9.17, 15) is 19.5 Å². The van der Waals surface area contributed by atoms with E-state index in [0.29, 0.717) is 19.3 Å². The summed E-state index contributed by atoms with van der Waals surface area (Å²) < 4.78 is 11.7. The third kappa shape index (κ3) is 9.92. The number of benzene rings is 2. The largest absolute Gasteiger partial charge is 0.455 e. The molecule has 1 heterocycles. The van der Waals surface area contributed by atoms with Crippen molar-refractivity contribution in [3.63, 3.8) is 0 Å². The van der Waals surface area contributed by atoms with Gasteiger partial charge in [-0.15, -0.1) is 0 Å². The Bertz CT molecular complexity index is 1090. The van der Waals surface area contributed by atoms with Gasteiger partial charge in [0.1, 0.15) is 6.10 Å². The van der Waals surface area contributed by atoms with Gasteiger partial charge in [-0.1, -0.05) is 72.8 Å². The van der Waals surface area contributed by atoms with E-state index in [2.05, 4.69) is 10.6 Å². The van der Waals surface area contributed by atoms with Crippen molar-refractivity contribution in [1.82, 2.24) is 10.6 Å². The Morgan fingerprint density at radius 1 is 1.07 bits per heavy atom. The molecule has 1 aliphatic rings. The van der Waals surface area contributed by atoms with Crippen LogP contribution in [0.2, 0.25) is 0 Å². The van der Waals surface area contributed by atoms with Crippen molar-refractivity contribution in [1.29, 1.82) is 0 Å². The molecule has 2 amide bonds. The monoisotopic (exact) mass is 550 g/mol. The number of amides is 2. The summed E-state index contributed by atoms with van der Waals surface area (Å²) in [5, 5.41) is 15.0. The molecule has 3 N–H and O–H groups in total. The number of aliphatic hydroxyl groups excluding tert-OH is 1.